The van der Waals surface area contributed by atoms with Gasteiger partial charge in [-0.1, -0.05) is 17.7 Å². The number of fused-ring (bicyclic) bond motifs is 1. The fourth-order valence-electron chi connectivity index (χ4n) is 1.42. The van der Waals surface area contributed by atoms with Crippen LogP contribution < -0.4 is 11.1 Å². The smallest absolute Gasteiger partial charge is 0.264 e. The van der Waals surface area contributed by atoms with Gasteiger partial charge in [0.05, 0.1) is 6.07 Å². The van der Waals surface area contributed by atoms with Gasteiger partial charge in [0, 0.05) is 16.3 Å². The van der Waals surface area contributed by atoms with Gasteiger partial charge in [-0.3, -0.25) is 4.79 Å². The summed E-state index contributed by atoms with van der Waals surface area (Å²) >= 11 is 5.73. The maximum Gasteiger partial charge on any atom is 0.264 e. The first-order valence-electron chi connectivity index (χ1n) is 3.89. The highest BCUT2D eigenvalue weighted by molar-refractivity contribution is 6.31. The number of halogens is 1. The second-order valence-electron chi connectivity index (χ2n) is 3.06. The lowest BCUT2D eigenvalue weighted by Crippen LogP contribution is -2.41. The van der Waals surface area contributed by atoms with E-state index in [-0.39, 0.29) is 0 Å². The van der Waals surface area contributed by atoms with Crippen LogP contribution in [0.15, 0.2) is 18.2 Å². The number of hydrogen-bond donors (Lipinski definition) is 2. The number of rotatable bonds is 0. The van der Waals surface area contributed by atoms with Crippen molar-refractivity contribution in [2.45, 2.75) is 5.54 Å². The standard InChI is InChI=1S/C9H6ClN3O/c10-5-1-2-6-7(3-5)13-8(14)9(6,12)4-11/h1-3H,12H2,(H,13,14)/t9-/m0/s1. The molecule has 0 radical (unpaired) electrons. The Hall–Kier alpha value is -1.57. The molecule has 2 rings (SSSR count). The fourth-order valence-corrected chi connectivity index (χ4v) is 1.59. The van der Waals surface area contributed by atoms with E-state index in [1.807, 2.05) is 0 Å². The number of carbonyl (C=O) groups excluding carboxylic acids is 1. The van der Waals surface area contributed by atoms with Crippen LogP contribution in [0.2, 0.25) is 5.02 Å². The number of hydrogen-bond acceptors (Lipinski definition) is 3. The van der Waals surface area contributed by atoms with Gasteiger partial charge in [0.2, 0.25) is 5.54 Å². The lowest BCUT2D eigenvalue weighted by atomic mass is 9.94. The lowest BCUT2D eigenvalue weighted by Gasteiger charge is -2.11. The van der Waals surface area contributed by atoms with Crippen LogP contribution in [0.5, 0.6) is 0 Å². The molecule has 1 aliphatic rings. The lowest BCUT2D eigenvalue weighted by molar-refractivity contribution is -0.118. The Labute approximate surface area is 85.3 Å². The Morgan fingerprint density at radius 2 is 2.29 bits per heavy atom. The molecule has 0 aliphatic carbocycles. The van der Waals surface area contributed by atoms with Crippen LogP contribution >= 0.6 is 11.6 Å². The quantitative estimate of drug-likeness (QED) is 0.665. The highest BCUT2D eigenvalue weighted by Gasteiger charge is 2.43. The zero-order valence-corrected chi connectivity index (χ0v) is 7.80. The van der Waals surface area contributed by atoms with E-state index in [4.69, 9.17) is 22.6 Å². The Balaban J connectivity index is 2.66. The van der Waals surface area contributed by atoms with E-state index < -0.39 is 11.4 Å². The molecule has 0 fully saturated rings. The van der Waals surface area contributed by atoms with Gasteiger partial charge in [0.15, 0.2) is 0 Å². The van der Waals surface area contributed by atoms with Crippen molar-refractivity contribution in [2.75, 3.05) is 5.32 Å². The fraction of sp³-hybridized carbons (Fsp3) is 0.111. The summed E-state index contributed by atoms with van der Waals surface area (Å²) in [6.07, 6.45) is 0. The second-order valence-corrected chi connectivity index (χ2v) is 3.50. The molecule has 5 heteroatoms. The normalized spacial score (nSPS) is 23.9. The minimum absolute atomic E-state index is 0.467. The zero-order valence-electron chi connectivity index (χ0n) is 7.04. The monoisotopic (exact) mass is 207 g/mol. The molecule has 0 spiro atoms. The summed E-state index contributed by atoms with van der Waals surface area (Å²) in [5.41, 5.74) is 5.04. The molecule has 70 valence electrons. The van der Waals surface area contributed by atoms with Crippen LogP contribution in [-0.4, -0.2) is 5.91 Å². The summed E-state index contributed by atoms with van der Waals surface area (Å²) in [6, 6.07) is 6.54. The van der Waals surface area contributed by atoms with Crippen molar-refractivity contribution in [3.63, 3.8) is 0 Å². The van der Waals surface area contributed by atoms with Gasteiger partial charge in [-0.2, -0.15) is 5.26 Å². The van der Waals surface area contributed by atoms with Gasteiger partial charge in [0.25, 0.3) is 5.91 Å². The van der Waals surface area contributed by atoms with Crippen LogP contribution in [0, 0.1) is 11.3 Å². The van der Waals surface area contributed by atoms with Crippen LogP contribution in [-0.2, 0) is 10.3 Å². The number of nitrogens with one attached hydrogen (secondary N) is 1. The number of anilines is 1. The Morgan fingerprint density at radius 1 is 1.57 bits per heavy atom. The van der Waals surface area contributed by atoms with Crippen LogP contribution in [0.25, 0.3) is 0 Å². The van der Waals surface area contributed by atoms with Gasteiger partial charge in [-0.25, -0.2) is 0 Å². The van der Waals surface area contributed by atoms with Crippen molar-refractivity contribution in [3.8, 4) is 6.07 Å². The zero-order chi connectivity index (χ0) is 10.3. The van der Waals surface area contributed by atoms with E-state index in [0.717, 1.165) is 0 Å². The molecule has 0 saturated heterocycles. The van der Waals surface area contributed by atoms with Crippen molar-refractivity contribution < 1.29 is 4.79 Å². The average Bonchev–Trinajstić information content (AvgIpc) is 2.39. The van der Waals surface area contributed by atoms with Gasteiger partial charge in [-0.05, 0) is 12.1 Å². The predicted octanol–water partition coefficient (Wildman–Crippen LogP) is 0.970. The highest BCUT2D eigenvalue weighted by Crippen LogP contribution is 2.35. The highest BCUT2D eigenvalue weighted by atomic mass is 35.5. The summed E-state index contributed by atoms with van der Waals surface area (Å²) < 4.78 is 0. The van der Waals surface area contributed by atoms with E-state index in [9.17, 15) is 4.79 Å². The third-order valence-electron chi connectivity index (χ3n) is 2.19. The summed E-state index contributed by atoms with van der Waals surface area (Å²) in [4.78, 5) is 11.4. The van der Waals surface area contributed by atoms with E-state index in [0.29, 0.717) is 16.3 Å². The molecule has 1 atom stereocenters. The molecule has 0 saturated carbocycles. The molecule has 4 nitrogen and oxygen atoms in total. The molecule has 1 aromatic rings. The minimum atomic E-state index is -1.58. The maximum atomic E-state index is 11.4. The van der Waals surface area contributed by atoms with Crippen molar-refractivity contribution >= 4 is 23.2 Å². The van der Waals surface area contributed by atoms with Crippen molar-refractivity contribution in [1.29, 1.82) is 5.26 Å². The third kappa shape index (κ3) is 1.00. The van der Waals surface area contributed by atoms with Crippen molar-refractivity contribution in [3.05, 3.63) is 28.8 Å². The first-order valence-corrected chi connectivity index (χ1v) is 4.27. The number of nitrogens with two attached hydrogens (primary N) is 1. The second kappa shape index (κ2) is 2.71. The van der Waals surface area contributed by atoms with Gasteiger partial charge in [-0.15, -0.1) is 0 Å². The molecule has 3 N–H and O–H groups in total. The summed E-state index contributed by atoms with van der Waals surface area (Å²) in [5, 5.41) is 11.8. The summed E-state index contributed by atoms with van der Waals surface area (Å²) in [5.74, 6) is -0.516. The molecule has 1 heterocycles. The third-order valence-corrected chi connectivity index (χ3v) is 2.42. The number of carbonyl (C=O) groups is 1. The van der Waals surface area contributed by atoms with Gasteiger partial charge in [0.1, 0.15) is 0 Å². The summed E-state index contributed by atoms with van der Waals surface area (Å²) in [7, 11) is 0. The number of benzene rings is 1. The Bertz CT molecular complexity index is 466. The number of nitriles is 1. The molecule has 0 aromatic heterocycles. The van der Waals surface area contributed by atoms with Gasteiger partial charge < -0.3 is 11.1 Å². The molecule has 0 unspecified atom stereocenters. The molecule has 1 aromatic carbocycles. The molecule has 1 aliphatic heterocycles. The number of amides is 1. The topological polar surface area (TPSA) is 78.9 Å². The first kappa shape index (κ1) is 9.00. The largest absolute Gasteiger partial charge is 0.323 e. The first-order chi connectivity index (χ1) is 6.58. The Kier molecular flexibility index (Phi) is 1.74. The SMILES string of the molecule is N#C[C@@]1(N)C(=O)Nc2cc(Cl)ccc21. The maximum absolute atomic E-state index is 11.4. The van der Waals surface area contributed by atoms with Crippen LogP contribution in [0.1, 0.15) is 5.56 Å². The van der Waals surface area contributed by atoms with Crippen molar-refractivity contribution in [2.24, 2.45) is 5.73 Å². The molecular formula is C9H6ClN3O. The predicted molar refractivity (Wildman–Crippen MR) is 51.6 cm³/mol. The number of nitrogens with zero attached hydrogens (tertiary/aromatic N) is 1. The average molecular weight is 208 g/mol. The molecule has 14 heavy (non-hydrogen) atoms. The van der Waals surface area contributed by atoms with E-state index in [2.05, 4.69) is 5.32 Å². The van der Waals surface area contributed by atoms with E-state index in [1.165, 1.54) is 0 Å². The Morgan fingerprint density at radius 3 is 2.93 bits per heavy atom. The minimum Gasteiger partial charge on any atom is -0.323 e. The van der Waals surface area contributed by atoms with Gasteiger partial charge >= 0.3 is 0 Å². The summed E-state index contributed by atoms with van der Waals surface area (Å²) in [6.45, 7) is 0. The molecule has 0 bridgehead atoms. The van der Waals surface area contributed by atoms with Crippen molar-refractivity contribution in [1.82, 2.24) is 0 Å². The molecular weight excluding hydrogens is 202 g/mol. The molecule has 1 amide bonds. The van der Waals surface area contributed by atoms with Crippen LogP contribution in [0.3, 0.4) is 0 Å². The van der Waals surface area contributed by atoms with E-state index >= 15 is 0 Å². The van der Waals surface area contributed by atoms with E-state index in [1.54, 1.807) is 24.3 Å². The van der Waals surface area contributed by atoms with Crippen LogP contribution in [0.4, 0.5) is 5.69 Å².